The van der Waals surface area contributed by atoms with E-state index in [0.717, 1.165) is 28.8 Å². The molecule has 0 unspecified atom stereocenters. The average Bonchev–Trinajstić information content (AvgIpc) is 2.55. The van der Waals surface area contributed by atoms with Crippen molar-refractivity contribution in [2.75, 3.05) is 5.32 Å². The Bertz CT molecular complexity index is 736. The van der Waals surface area contributed by atoms with E-state index in [-0.39, 0.29) is 11.8 Å². The molecule has 0 aliphatic carbocycles. The van der Waals surface area contributed by atoms with E-state index in [1.807, 2.05) is 43.3 Å². The van der Waals surface area contributed by atoms with Crippen molar-refractivity contribution in [1.29, 1.82) is 0 Å². The van der Waals surface area contributed by atoms with Crippen molar-refractivity contribution < 1.29 is 9.59 Å². The molecule has 0 radical (unpaired) electrons. The Balaban J connectivity index is 1.56. The quantitative estimate of drug-likeness (QED) is 0.912. The highest BCUT2D eigenvalue weighted by molar-refractivity contribution is 5.93. The van der Waals surface area contributed by atoms with Crippen LogP contribution in [0.4, 0.5) is 5.69 Å². The van der Waals surface area contributed by atoms with Crippen LogP contribution < -0.4 is 10.6 Å². The van der Waals surface area contributed by atoms with Crippen molar-refractivity contribution in [1.82, 2.24) is 5.32 Å². The maximum absolute atomic E-state index is 12.0. The highest BCUT2D eigenvalue weighted by atomic mass is 16.2. The molecule has 0 saturated heterocycles. The Labute approximate surface area is 135 Å². The van der Waals surface area contributed by atoms with Crippen molar-refractivity contribution in [3.05, 3.63) is 64.7 Å². The number of aryl methyl sites for hydroxylation is 2. The summed E-state index contributed by atoms with van der Waals surface area (Å²) in [5, 5.41) is 5.81. The van der Waals surface area contributed by atoms with Crippen LogP contribution in [-0.4, -0.2) is 11.8 Å². The molecule has 2 aromatic rings. The Morgan fingerprint density at radius 1 is 1.09 bits per heavy atom. The van der Waals surface area contributed by atoms with E-state index in [9.17, 15) is 9.59 Å². The molecule has 0 aromatic heterocycles. The third-order valence-electron chi connectivity index (χ3n) is 4.04. The number of hydrogen-bond donors (Lipinski definition) is 2. The number of hydrogen-bond acceptors (Lipinski definition) is 2. The fraction of sp³-hybridized carbons (Fsp3) is 0.263. The Hall–Kier alpha value is -2.62. The lowest BCUT2D eigenvalue weighted by Gasteiger charge is -2.17. The predicted molar refractivity (Wildman–Crippen MR) is 90.1 cm³/mol. The van der Waals surface area contributed by atoms with Crippen LogP contribution in [0.25, 0.3) is 0 Å². The molecular formula is C19H20N2O2. The summed E-state index contributed by atoms with van der Waals surface area (Å²) < 4.78 is 0. The minimum atomic E-state index is 0.0138. The lowest BCUT2D eigenvalue weighted by atomic mass is 10.0. The van der Waals surface area contributed by atoms with Crippen molar-refractivity contribution >= 4 is 17.5 Å². The van der Waals surface area contributed by atoms with Gasteiger partial charge in [0.05, 0.1) is 6.42 Å². The molecule has 4 heteroatoms. The van der Waals surface area contributed by atoms with E-state index in [1.165, 1.54) is 5.56 Å². The molecule has 0 bridgehead atoms. The van der Waals surface area contributed by atoms with Gasteiger partial charge < -0.3 is 10.6 Å². The van der Waals surface area contributed by atoms with Gasteiger partial charge >= 0.3 is 0 Å². The number of fused-ring (bicyclic) bond motifs is 1. The van der Waals surface area contributed by atoms with E-state index >= 15 is 0 Å². The number of rotatable bonds is 4. The van der Waals surface area contributed by atoms with E-state index in [2.05, 4.69) is 16.7 Å². The number of anilines is 1. The van der Waals surface area contributed by atoms with E-state index in [0.29, 0.717) is 19.4 Å². The molecule has 2 aromatic carbocycles. The Morgan fingerprint density at radius 3 is 2.61 bits per heavy atom. The summed E-state index contributed by atoms with van der Waals surface area (Å²) in [4.78, 5) is 23.4. The van der Waals surface area contributed by atoms with Gasteiger partial charge in [0.25, 0.3) is 0 Å². The summed E-state index contributed by atoms with van der Waals surface area (Å²) >= 11 is 0. The fourth-order valence-electron chi connectivity index (χ4n) is 2.70. The van der Waals surface area contributed by atoms with Gasteiger partial charge in [-0.3, -0.25) is 9.59 Å². The monoisotopic (exact) mass is 308 g/mol. The lowest BCUT2D eigenvalue weighted by Crippen LogP contribution is -2.25. The molecular weight excluding hydrogens is 288 g/mol. The standard InChI is InChI=1S/C19H20N2O2/c1-13-2-4-14(5-3-13)11-19(23)20-12-15-6-8-17-16(10-15)7-9-18(22)21-17/h2-6,8,10H,7,9,11-12H2,1H3,(H,20,23)(H,21,22). The molecule has 0 saturated carbocycles. The van der Waals surface area contributed by atoms with Crippen LogP contribution in [0.2, 0.25) is 0 Å². The smallest absolute Gasteiger partial charge is 0.224 e. The van der Waals surface area contributed by atoms with Gasteiger partial charge in [-0.25, -0.2) is 0 Å². The van der Waals surface area contributed by atoms with Crippen LogP contribution in [0.1, 0.15) is 28.7 Å². The number of carbonyl (C=O) groups excluding carboxylic acids is 2. The van der Waals surface area contributed by atoms with Gasteiger partial charge in [0.1, 0.15) is 0 Å². The zero-order chi connectivity index (χ0) is 16.2. The van der Waals surface area contributed by atoms with Gasteiger partial charge in [-0.15, -0.1) is 0 Å². The maximum Gasteiger partial charge on any atom is 0.224 e. The SMILES string of the molecule is Cc1ccc(CC(=O)NCc2ccc3c(c2)CCC(=O)N3)cc1. The Morgan fingerprint density at radius 2 is 1.83 bits per heavy atom. The normalized spacial score (nSPS) is 13.2. The van der Waals surface area contributed by atoms with Crippen molar-refractivity contribution in [3.8, 4) is 0 Å². The molecule has 0 fully saturated rings. The second kappa shape index (κ2) is 6.65. The van der Waals surface area contributed by atoms with Crippen molar-refractivity contribution in [3.63, 3.8) is 0 Å². The summed E-state index contributed by atoms with van der Waals surface area (Å²) in [6, 6.07) is 13.9. The van der Waals surface area contributed by atoms with E-state index < -0.39 is 0 Å². The minimum absolute atomic E-state index is 0.0138. The summed E-state index contributed by atoms with van der Waals surface area (Å²) in [7, 11) is 0. The van der Waals surface area contributed by atoms with Crippen molar-refractivity contribution in [2.24, 2.45) is 0 Å². The molecule has 2 amide bonds. The molecule has 1 aliphatic heterocycles. The second-order valence-corrected chi connectivity index (χ2v) is 5.98. The predicted octanol–water partition coefficient (Wildman–Crippen LogP) is 2.74. The molecule has 1 heterocycles. The number of nitrogens with one attached hydrogen (secondary N) is 2. The fourth-order valence-corrected chi connectivity index (χ4v) is 2.70. The van der Waals surface area contributed by atoms with Crippen LogP contribution in [0.15, 0.2) is 42.5 Å². The van der Waals surface area contributed by atoms with Gasteiger partial charge in [0.15, 0.2) is 0 Å². The van der Waals surface area contributed by atoms with Crippen molar-refractivity contribution in [2.45, 2.75) is 32.7 Å². The van der Waals surface area contributed by atoms with E-state index in [1.54, 1.807) is 0 Å². The number of amides is 2. The molecule has 0 spiro atoms. The van der Waals surface area contributed by atoms with Gasteiger partial charge in [0, 0.05) is 18.7 Å². The molecule has 4 nitrogen and oxygen atoms in total. The topological polar surface area (TPSA) is 58.2 Å². The summed E-state index contributed by atoms with van der Waals surface area (Å²) in [5.41, 5.74) is 5.28. The molecule has 0 atom stereocenters. The van der Waals surface area contributed by atoms with Crippen LogP contribution in [0.3, 0.4) is 0 Å². The number of carbonyl (C=O) groups is 2. The van der Waals surface area contributed by atoms with Gasteiger partial charge in [-0.05, 0) is 36.1 Å². The highest BCUT2D eigenvalue weighted by Gasteiger charge is 2.14. The first-order valence-electron chi connectivity index (χ1n) is 7.84. The van der Waals surface area contributed by atoms with Gasteiger partial charge in [0.2, 0.25) is 11.8 Å². The largest absolute Gasteiger partial charge is 0.352 e. The third-order valence-corrected chi connectivity index (χ3v) is 4.04. The molecule has 23 heavy (non-hydrogen) atoms. The highest BCUT2D eigenvalue weighted by Crippen LogP contribution is 2.23. The first kappa shape index (κ1) is 15.3. The maximum atomic E-state index is 12.0. The van der Waals surface area contributed by atoms with Gasteiger partial charge in [-0.1, -0.05) is 42.0 Å². The van der Waals surface area contributed by atoms with Crippen LogP contribution in [0, 0.1) is 6.92 Å². The van der Waals surface area contributed by atoms with Crippen LogP contribution in [-0.2, 0) is 29.0 Å². The van der Waals surface area contributed by atoms with E-state index in [4.69, 9.17) is 0 Å². The van der Waals surface area contributed by atoms with Crippen LogP contribution >= 0.6 is 0 Å². The zero-order valence-electron chi connectivity index (χ0n) is 13.2. The molecule has 2 N–H and O–H groups in total. The first-order chi connectivity index (χ1) is 11.1. The minimum Gasteiger partial charge on any atom is -0.352 e. The molecule has 1 aliphatic rings. The Kier molecular flexibility index (Phi) is 4.42. The first-order valence-corrected chi connectivity index (χ1v) is 7.84. The van der Waals surface area contributed by atoms with Gasteiger partial charge in [-0.2, -0.15) is 0 Å². The second-order valence-electron chi connectivity index (χ2n) is 5.98. The number of benzene rings is 2. The summed E-state index contributed by atoms with van der Waals surface area (Å²) in [6.07, 6.45) is 1.67. The molecule has 3 rings (SSSR count). The zero-order valence-corrected chi connectivity index (χ0v) is 13.2. The summed E-state index contributed by atoms with van der Waals surface area (Å²) in [6.45, 7) is 2.54. The average molecular weight is 308 g/mol. The third kappa shape index (κ3) is 3.97. The lowest BCUT2D eigenvalue weighted by molar-refractivity contribution is -0.120. The van der Waals surface area contributed by atoms with Crippen LogP contribution in [0.5, 0.6) is 0 Å². The molecule has 118 valence electrons. The summed E-state index contributed by atoms with van der Waals surface area (Å²) in [5.74, 6) is 0.0801.